The molecular formula is C20H22N2O2S. The number of piperidine rings is 1. The van der Waals surface area contributed by atoms with E-state index in [2.05, 4.69) is 47.5 Å². The number of likely N-dealkylation sites (tertiary alicyclic amines) is 1. The summed E-state index contributed by atoms with van der Waals surface area (Å²) in [5, 5.41) is 22.9. The quantitative estimate of drug-likeness (QED) is 0.758. The van der Waals surface area contributed by atoms with Crippen molar-refractivity contribution < 1.29 is 10.2 Å². The lowest BCUT2D eigenvalue weighted by Crippen LogP contribution is -2.46. The van der Waals surface area contributed by atoms with Crippen molar-refractivity contribution in [2.45, 2.75) is 32.1 Å². The number of aromatic nitrogens is 1. The monoisotopic (exact) mass is 354 g/mol. The number of benzene rings is 1. The maximum atomic E-state index is 9.98. The van der Waals surface area contributed by atoms with Crippen LogP contribution in [0.3, 0.4) is 0 Å². The van der Waals surface area contributed by atoms with Gasteiger partial charge in [0.2, 0.25) is 0 Å². The van der Waals surface area contributed by atoms with Crippen LogP contribution in [0.4, 0.5) is 0 Å². The second-order valence-corrected chi connectivity index (χ2v) is 7.78. The normalized spacial score (nSPS) is 21.7. The lowest BCUT2D eigenvalue weighted by Gasteiger charge is -2.33. The molecule has 2 atom stereocenters. The lowest BCUT2D eigenvalue weighted by atomic mass is 10.0. The van der Waals surface area contributed by atoms with Crippen LogP contribution in [0.1, 0.15) is 17.5 Å². The van der Waals surface area contributed by atoms with Crippen molar-refractivity contribution in [1.29, 1.82) is 0 Å². The SMILES string of the molecule is Cc1ccc2cc(CN3CC[C@H](O)[C@@H](O)C3)c(-c3cccs3)nc2c1. The molecule has 0 bridgehead atoms. The zero-order valence-electron chi connectivity index (χ0n) is 14.2. The van der Waals surface area contributed by atoms with Gasteiger partial charge in [0.25, 0.3) is 0 Å². The number of aliphatic hydroxyl groups excluding tert-OH is 2. The average Bonchev–Trinajstić information content (AvgIpc) is 3.12. The van der Waals surface area contributed by atoms with Crippen LogP contribution in [0.5, 0.6) is 0 Å². The molecule has 4 nitrogen and oxygen atoms in total. The second-order valence-electron chi connectivity index (χ2n) is 6.83. The van der Waals surface area contributed by atoms with Crippen molar-refractivity contribution in [3.05, 3.63) is 52.9 Å². The van der Waals surface area contributed by atoms with E-state index in [4.69, 9.17) is 4.98 Å². The number of thiophene rings is 1. The molecule has 1 aliphatic rings. The van der Waals surface area contributed by atoms with Gasteiger partial charge in [0, 0.05) is 25.0 Å². The number of hydrogen-bond acceptors (Lipinski definition) is 5. The van der Waals surface area contributed by atoms with Crippen molar-refractivity contribution in [3.8, 4) is 10.6 Å². The number of rotatable bonds is 3. The summed E-state index contributed by atoms with van der Waals surface area (Å²) in [6.07, 6.45) is -0.670. The highest BCUT2D eigenvalue weighted by Crippen LogP contribution is 2.31. The van der Waals surface area contributed by atoms with E-state index in [9.17, 15) is 10.2 Å². The Kier molecular flexibility index (Phi) is 4.56. The number of nitrogens with zero attached hydrogens (tertiary/aromatic N) is 2. The van der Waals surface area contributed by atoms with Crippen molar-refractivity contribution >= 4 is 22.2 Å². The molecule has 25 heavy (non-hydrogen) atoms. The maximum absolute atomic E-state index is 9.98. The van der Waals surface area contributed by atoms with Gasteiger partial charge in [-0.3, -0.25) is 4.90 Å². The van der Waals surface area contributed by atoms with E-state index >= 15 is 0 Å². The molecule has 0 radical (unpaired) electrons. The van der Waals surface area contributed by atoms with E-state index in [-0.39, 0.29) is 0 Å². The zero-order chi connectivity index (χ0) is 17.4. The molecule has 3 heterocycles. The Morgan fingerprint density at radius 2 is 2.08 bits per heavy atom. The van der Waals surface area contributed by atoms with Gasteiger partial charge in [-0.25, -0.2) is 4.98 Å². The van der Waals surface area contributed by atoms with E-state index in [1.165, 1.54) is 11.1 Å². The Balaban J connectivity index is 1.73. The Hall–Kier alpha value is -1.79. The van der Waals surface area contributed by atoms with Crippen molar-refractivity contribution in [3.63, 3.8) is 0 Å². The fraction of sp³-hybridized carbons (Fsp3) is 0.350. The van der Waals surface area contributed by atoms with Gasteiger partial charge in [0.05, 0.1) is 28.3 Å². The number of aliphatic hydroxyl groups is 2. The van der Waals surface area contributed by atoms with E-state index < -0.39 is 12.2 Å². The van der Waals surface area contributed by atoms with Crippen molar-refractivity contribution in [1.82, 2.24) is 9.88 Å². The summed E-state index contributed by atoms with van der Waals surface area (Å²) < 4.78 is 0. The third kappa shape index (κ3) is 3.46. The van der Waals surface area contributed by atoms with Crippen LogP contribution >= 0.6 is 11.3 Å². The minimum atomic E-state index is -0.671. The van der Waals surface area contributed by atoms with Gasteiger partial charge in [0.1, 0.15) is 0 Å². The molecule has 0 saturated carbocycles. The van der Waals surface area contributed by atoms with Crippen molar-refractivity contribution in [2.75, 3.05) is 13.1 Å². The number of aryl methyl sites for hydroxylation is 1. The molecule has 5 heteroatoms. The Bertz CT molecular complexity index is 879. The molecule has 1 aliphatic heterocycles. The third-order valence-corrected chi connectivity index (χ3v) is 5.71. The second kappa shape index (κ2) is 6.84. The van der Waals surface area contributed by atoms with Crippen LogP contribution in [-0.2, 0) is 6.54 Å². The molecule has 2 N–H and O–H groups in total. The Morgan fingerprint density at radius 1 is 1.20 bits per heavy atom. The molecule has 0 spiro atoms. The first-order valence-electron chi connectivity index (χ1n) is 8.63. The highest BCUT2D eigenvalue weighted by atomic mass is 32.1. The third-order valence-electron chi connectivity index (χ3n) is 4.83. The summed E-state index contributed by atoms with van der Waals surface area (Å²) in [5.41, 5.74) is 4.41. The van der Waals surface area contributed by atoms with Crippen LogP contribution < -0.4 is 0 Å². The summed E-state index contributed by atoms with van der Waals surface area (Å²) >= 11 is 1.70. The Labute approximate surface area is 151 Å². The average molecular weight is 354 g/mol. The first-order chi connectivity index (χ1) is 12.1. The first kappa shape index (κ1) is 16.7. The number of fused-ring (bicyclic) bond motifs is 1. The highest BCUT2D eigenvalue weighted by Gasteiger charge is 2.26. The predicted octanol–water partition coefficient (Wildman–Crippen LogP) is 3.20. The van der Waals surface area contributed by atoms with Crippen LogP contribution in [0.2, 0.25) is 0 Å². The van der Waals surface area contributed by atoms with E-state index in [1.54, 1.807) is 11.3 Å². The van der Waals surface area contributed by atoms with Gasteiger partial charge in [-0.15, -0.1) is 11.3 Å². The largest absolute Gasteiger partial charge is 0.390 e. The number of hydrogen-bond donors (Lipinski definition) is 2. The molecule has 0 aliphatic carbocycles. The van der Waals surface area contributed by atoms with Crippen LogP contribution in [0.25, 0.3) is 21.5 Å². The number of β-amino-alcohol motifs (C(OH)–C–C–N with tert-alkyl or cyclic N) is 1. The van der Waals surface area contributed by atoms with Gasteiger partial charge < -0.3 is 10.2 Å². The summed E-state index contributed by atoms with van der Waals surface area (Å²) in [4.78, 5) is 8.31. The fourth-order valence-corrected chi connectivity index (χ4v) is 4.19. The first-order valence-corrected chi connectivity index (χ1v) is 9.51. The molecule has 0 amide bonds. The molecule has 0 unspecified atom stereocenters. The molecule has 1 aromatic carbocycles. The smallest absolute Gasteiger partial charge is 0.0926 e. The molecule has 1 fully saturated rings. The molecule has 1 saturated heterocycles. The van der Waals surface area contributed by atoms with Gasteiger partial charge in [-0.2, -0.15) is 0 Å². The predicted molar refractivity (Wildman–Crippen MR) is 102 cm³/mol. The van der Waals surface area contributed by atoms with Crippen LogP contribution in [-0.4, -0.2) is 45.4 Å². The molecular weight excluding hydrogens is 332 g/mol. The van der Waals surface area contributed by atoms with Gasteiger partial charge >= 0.3 is 0 Å². The molecule has 4 rings (SSSR count). The number of pyridine rings is 1. The Morgan fingerprint density at radius 3 is 2.84 bits per heavy atom. The lowest BCUT2D eigenvalue weighted by molar-refractivity contribution is -0.0403. The molecule has 2 aromatic heterocycles. The molecule has 130 valence electrons. The van der Waals surface area contributed by atoms with Crippen LogP contribution in [0.15, 0.2) is 41.8 Å². The summed E-state index contributed by atoms with van der Waals surface area (Å²) in [7, 11) is 0. The van der Waals surface area contributed by atoms with E-state index in [0.717, 1.165) is 34.6 Å². The van der Waals surface area contributed by atoms with Crippen molar-refractivity contribution in [2.24, 2.45) is 0 Å². The summed E-state index contributed by atoms with van der Waals surface area (Å²) in [6.45, 7) is 4.10. The zero-order valence-corrected chi connectivity index (χ0v) is 15.0. The fourth-order valence-electron chi connectivity index (χ4n) is 3.44. The molecule has 3 aromatic rings. The highest BCUT2D eigenvalue weighted by molar-refractivity contribution is 7.13. The van der Waals surface area contributed by atoms with Gasteiger partial charge in [0.15, 0.2) is 0 Å². The topological polar surface area (TPSA) is 56.6 Å². The minimum Gasteiger partial charge on any atom is -0.390 e. The standard InChI is InChI=1S/C20H22N2O2S/c1-13-4-5-14-10-15(11-22-7-6-17(23)18(24)12-22)20(21-16(14)9-13)19-3-2-8-25-19/h2-5,8-10,17-18,23-24H,6-7,11-12H2,1H3/t17-,18-/m0/s1. The summed E-state index contributed by atoms with van der Waals surface area (Å²) in [6, 6.07) is 12.7. The van der Waals surface area contributed by atoms with Gasteiger partial charge in [-0.05, 0) is 48.1 Å². The minimum absolute atomic E-state index is 0.497. The van der Waals surface area contributed by atoms with Gasteiger partial charge in [-0.1, -0.05) is 18.2 Å². The van der Waals surface area contributed by atoms with Crippen LogP contribution in [0, 0.1) is 6.92 Å². The van der Waals surface area contributed by atoms with E-state index in [0.29, 0.717) is 13.0 Å². The van der Waals surface area contributed by atoms with E-state index in [1.807, 2.05) is 6.07 Å². The summed E-state index contributed by atoms with van der Waals surface area (Å²) in [5.74, 6) is 0. The maximum Gasteiger partial charge on any atom is 0.0926 e.